The summed E-state index contributed by atoms with van der Waals surface area (Å²) in [5.74, 6) is 2.14. The maximum absolute atomic E-state index is 5.39. The van der Waals surface area contributed by atoms with Crippen molar-refractivity contribution in [2.24, 2.45) is 5.92 Å². The smallest absolute Gasteiger partial charge is 0.240 e. The van der Waals surface area contributed by atoms with E-state index in [4.69, 9.17) is 4.52 Å². The summed E-state index contributed by atoms with van der Waals surface area (Å²) >= 11 is 0. The Balaban J connectivity index is 1.46. The van der Waals surface area contributed by atoms with Gasteiger partial charge in [0, 0.05) is 39.1 Å². The van der Waals surface area contributed by atoms with Crippen LogP contribution in [-0.2, 0) is 19.5 Å². The topological polar surface area (TPSA) is 45.4 Å². The van der Waals surface area contributed by atoms with Gasteiger partial charge in [-0.3, -0.25) is 9.80 Å². The highest BCUT2D eigenvalue weighted by atomic mass is 16.5. The minimum atomic E-state index is 0.556. The number of hydrogen-bond acceptors (Lipinski definition) is 5. The van der Waals surface area contributed by atoms with Crippen LogP contribution in [0.1, 0.15) is 36.7 Å². The Labute approximate surface area is 144 Å². The zero-order valence-corrected chi connectivity index (χ0v) is 15.0. The fourth-order valence-corrected chi connectivity index (χ4v) is 3.17. The summed E-state index contributed by atoms with van der Waals surface area (Å²) in [5, 5.41) is 4.08. The summed E-state index contributed by atoms with van der Waals surface area (Å²) in [7, 11) is 0. The average molecular weight is 328 g/mol. The molecule has 2 heterocycles. The standard InChI is InChI=1S/C19H28N4O/c1-15(2)11-18-20-19(24-21-18)14-23-9-7-22(8-10-23)13-17-6-4-5-16(3)12-17/h4-6,12,15H,7-11,13-14H2,1-3H3. The van der Waals surface area contributed by atoms with Gasteiger partial charge in [-0.1, -0.05) is 48.8 Å². The third-order valence-corrected chi connectivity index (χ3v) is 4.41. The molecule has 0 aliphatic carbocycles. The maximum atomic E-state index is 5.39. The van der Waals surface area contributed by atoms with Crippen molar-refractivity contribution in [1.29, 1.82) is 0 Å². The minimum Gasteiger partial charge on any atom is -0.338 e. The Kier molecular flexibility index (Phi) is 5.63. The number of aryl methyl sites for hydroxylation is 1. The number of benzene rings is 1. The Hall–Kier alpha value is -1.72. The molecule has 1 aromatic heterocycles. The van der Waals surface area contributed by atoms with Crippen molar-refractivity contribution in [3.63, 3.8) is 0 Å². The number of hydrogen-bond donors (Lipinski definition) is 0. The Morgan fingerprint density at radius 2 is 1.79 bits per heavy atom. The first-order valence-electron chi connectivity index (χ1n) is 8.90. The fraction of sp³-hybridized carbons (Fsp3) is 0.579. The van der Waals surface area contributed by atoms with E-state index >= 15 is 0 Å². The van der Waals surface area contributed by atoms with E-state index in [-0.39, 0.29) is 0 Å². The molecular formula is C19H28N4O. The first-order chi connectivity index (χ1) is 11.6. The second-order valence-electron chi connectivity index (χ2n) is 7.24. The number of nitrogens with zero attached hydrogens (tertiary/aromatic N) is 4. The lowest BCUT2D eigenvalue weighted by atomic mass is 10.1. The third kappa shape index (κ3) is 4.89. The van der Waals surface area contributed by atoms with Crippen LogP contribution in [0.4, 0.5) is 0 Å². The molecule has 0 radical (unpaired) electrons. The van der Waals surface area contributed by atoms with Crippen LogP contribution in [0.15, 0.2) is 28.8 Å². The predicted octanol–water partition coefficient (Wildman–Crippen LogP) is 2.89. The third-order valence-electron chi connectivity index (χ3n) is 4.41. The van der Waals surface area contributed by atoms with Gasteiger partial charge >= 0.3 is 0 Å². The van der Waals surface area contributed by atoms with E-state index in [0.717, 1.165) is 57.4 Å². The summed E-state index contributed by atoms with van der Waals surface area (Å²) in [6, 6.07) is 8.79. The van der Waals surface area contributed by atoms with Gasteiger partial charge in [-0.25, -0.2) is 0 Å². The van der Waals surface area contributed by atoms with Crippen LogP contribution in [0.5, 0.6) is 0 Å². The van der Waals surface area contributed by atoms with Gasteiger partial charge in [0.05, 0.1) is 6.54 Å². The molecule has 0 spiro atoms. The van der Waals surface area contributed by atoms with E-state index in [0.29, 0.717) is 5.92 Å². The zero-order chi connectivity index (χ0) is 16.9. The van der Waals surface area contributed by atoms with Gasteiger partial charge in [0.25, 0.3) is 0 Å². The van der Waals surface area contributed by atoms with E-state index in [1.54, 1.807) is 0 Å². The Morgan fingerprint density at radius 3 is 2.46 bits per heavy atom. The lowest BCUT2D eigenvalue weighted by Crippen LogP contribution is -2.45. The van der Waals surface area contributed by atoms with Crippen molar-refractivity contribution in [1.82, 2.24) is 19.9 Å². The quantitative estimate of drug-likeness (QED) is 0.816. The molecule has 0 unspecified atom stereocenters. The fourth-order valence-electron chi connectivity index (χ4n) is 3.17. The van der Waals surface area contributed by atoms with Crippen molar-refractivity contribution >= 4 is 0 Å². The van der Waals surface area contributed by atoms with Crippen molar-refractivity contribution < 1.29 is 4.52 Å². The molecule has 1 aliphatic heterocycles. The lowest BCUT2D eigenvalue weighted by Gasteiger charge is -2.33. The molecule has 3 rings (SSSR count). The van der Waals surface area contributed by atoms with Crippen molar-refractivity contribution in [3.05, 3.63) is 47.1 Å². The molecule has 1 aliphatic rings. The van der Waals surface area contributed by atoms with Crippen LogP contribution in [0.25, 0.3) is 0 Å². The molecule has 0 atom stereocenters. The van der Waals surface area contributed by atoms with Gasteiger partial charge in [0.1, 0.15) is 0 Å². The van der Waals surface area contributed by atoms with Crippen LogP contribution < -0.4 is 0 Å². The molecule has 24 heavy (non-hydrogen) atoms. The van der Waals surface area contributed by atoms with Crippen LogP contribution in [0.2, 0.25) is 0 Å². The molecule has 5 nitrogen and oxygen atoms in total. The van der Waals surface area contributed by atoms with Crippen LogP contribution in [0.3, 0.4) is 0 Å². The second kappa shape index (κ2) is 7.90. The van der Waals surface area contributed by atoms with E-state index < -0.39 is 0 Å². The molecule has 130 valence electrons. The van der Waals surface area contributed by atoms with Gasteiger partial charge in [-0.2, -0.15) is 4.98 Å². The molecule has 0 amide bonds. The van der Waals surface area contributed by atoms with Gasteiger partial charge in [-0.05, 0) is 18.4 Å². The molecule has 5 heteroatoms. The number of piperazine rings is 1. The highest BCUT2D eigenvalue weighted by Gasteiger charge is 2.19. The summed E-state index contributed by atoms with van der Waals surface area (Å²) in [6.45, 7) is 12.6. The van der Waals surface area contributed by atoms with Crippen LogP contribution >= 0.6 is 0 Å². The zero-order valence-electron chi connectivity index (χ0n) is 15.0. The Morgan fingerprint density at radius 1 is 1.08 bits per heavy atom. The summed E-state index contributed by atoms with van der Waals surface area (Å²) in [6.07, 6.45) is 0.883. The van der Waals surface area contributed by atoms with E-state index in [1.165, 1.54) is 11.1 Å². The minimum absolute atomic E-state index is 0.556. The van der Waals surface area contributed by atoms with Gasteiger partial charge in [-0.15, -0.1) is 0 Å². The van der Waals surface area contributed by atoms with E-state index in [1.807, 2.05) is 0 Å². The second-order valence-corrected chi connectivity index (χ2v) is 7.24. The maximum Gasteiger partial charge on any atom is 0.240 e. The van der Waals surface area contributed by atoms with Crippen LogP contribution in [0, 0.1) is 12.8 Å². The first-order valence-corrected chi connectivity index (χ1v) is 8.90. The number of rotatable bonds is 6. The molecular weight excluding hydrogens is 300 g/mol. The summed E-state index contributed by atoms with van der Waals surface area (Å²) in [5.41, 5.74) is 2.73. The summed E-state index contributed by atoms with van der Waals surface area (Å²) in [4.78, 5) is 9.43. The van der Waals surface area contributed by atoms with Crippen molar-refractivity contribution in [2.75, 3.05) is 26.2 Å². The average Bonchev–Trinajstić information content (AvgIpc) is 2.95. The summed E-state index contributed by atoms with van der Waals surface area (Å²) < 4.78 is 5.39. The Bertz CT molecular complexity index is 644. The first kappa shape index (κ1) is 17.1. The molecule has 1 saturated heterocycles. The molecule has 1 fully saturated rings. The molecule has 0 bridgehead atoms. The van der Waals surface area contributed by atoms with Crippen molar-refractivity contribution in [2.45, 2.75) is 40.3 Å². The molecule has 2 aromatic rings. The highest BCUT2D eigenvalue weighted by Crippen LogP contribution is 2.12. The largest absolute Gasteiger partial charge is 0.338 e. The SMILES string of the molecule is Cc1cccc(CN2CCN(Cc3nc(CC(C)C)no3)CC2)c1. The molecule has 1 aromatic carbocycles. The molecule has 0 N–H and O–H groups in total. The van der Waals surface area contributed by atoms with E-state index in [2.05, 4.69) is 65.0 Å². The van der Waals surface area contributed by atoms with Gasteiger partial charge < -0.3 is 4.52 Å². The van der Waals surface area contributed by atoms with E-state index in [9.17, 15) is 0 Å². The molecule has 0 saturated carbocycles. The normalized spacial score (nSPS) is 16.8. The highest BCUT2D eigenvalue weighted by molar-refractivity contribution is 5.22. The predicted molar refractivity (Wildman–Crippen MR) is 94.6 cm³/mol. The monoisotopic (exact) mass is 328 g/mol. The number of aromatic nitrogens is 2. The van der Waals surface area contributed by atoms with Crippen molar-refractivity contribution in [3.8, 4) is 0 Å². The van der Waals surface area contributed by atoms with Gasteiger partial charge in [0.15, 0.2) is 5.82 Å². The van der Waals surface area contributed by atoms with Gasteiger partial charge in [0.2, 0.25) is 5.89 Å². The lowest BCUT2D eigenvalue weighted by molar-refractivity contribution is 0.112. The van der Waals surface area contributed by atoms with Crippen LogP contribution in [-0.4, -0.2) is 46.1 Å².